The van der Waals surface area contributed by atoms with Crippen molar-refractivity contribution in [1.82, 2.24) is 4.90 Å². The highest BCUT2D eigenvalue weighted by Crippen LogP contribution is 2.03. The maximum absolute atomic E-state index is 10.8. The van der Waals surface area contributed by atoms with Crippen molar-refractivity contribution in [2.24, 2.45) is 0 Å². The Bertz CT molecular complexity index is 170. The largest absolute Gasteiger partial charge is 0.480 e. The third-order valence-corrected chi connectivity index (χ3v) is 1.86. The van der Waals surface area contributed by atoms with E-state index in [1.54, 1.807) is 11.0 Å². The van der Waals surface area contributed by atoms with Gasteiger partial charge in [0, 0.05) is 13.1 Å². The molecule has 13 heavy (non-hydrogen) atoms. The molecule has 0 saturated heterocycles. The SMILES string of the molecule is C=CCN(CCO)C(CC)C(=O)O. The maximum atomic E-state index is 10.8. The lowest BCUT2D eigenvalue weighted by Crippen LogP contribution is -2.42. The van der Waals surface area contributed by atoms with Gasteiger partial charge in [-0.15, -0.1) is 6.58 Å². The van der Waals surface area contributed by atoms with Crippen molar-refractivity contribution in [2.45, 2.75) is 19.4 Å². The van der Waals surface area contributed by atoms with Gasteiger partial charge in [-0.3, -0.25) is 9.69 Å². The number of carbonyl (C=O) groups is 1. The van der Waals surface area contributed by atoms with Crippen LogP contribution in [0.25, 0.3) is 0 Å². The second kappa shape index (κ2) is 6.62. The van der Waals surface area contributed by atoms with Gasteiger partial charge in [0.15, 0.2) is 0 Å². The Labute approximate surface area is 78.5 Å². The van der Waals surface area contributed by atoms with Gasteiger partial charge < -0.3 is 10.2 Å². The van der Waals surface area contributed by atoms with Crippen LogP contribution in [0.1, 0.15) is 13.3 Å². The maximum Gasteiger partial charge on any atom is 0.320 e. The number of hydrogen-bond acceptors (Lipinski definition) is 3. The van der Waals surface area contributed by atoms with E-state index in [1.807, 2.05) is 6.92 Å². The Morgan fingerprint density at radius 2 is 2.31 bits per heavy atom. The zero-order chi connectivity index (χ0) is 10.3. The number of aliphatic hydroxyl groups excluding tert-OH is 1. The molecule has 0 aliphatic rings. The quantitative estimate of drug-likeness (QED) is 0.564. The minimum absolute atomic E-state index is 0.0301. The van der Waals surface area contributed by atoms with Crippen molar-refractivity contribution >= 4 is 5.97 Å². The van der Waals surface area contributed by atoms with E-state index in [1.165, 1.54) is 0 Å². The first-order valence-electron chi connectivity index (χ1n) is 4.36. The molecular weight excluding hydrogens is 170 g/mol. The number of carboxylic acids is 1. The summed E-state index contributed by atoms with van der Waals surface area (Å²) in [4.78, 5) is 12.5. The van der Waals surface area contributed by atoms with E-state index < -0.39 is 12.0 Å². The van der Waals surface area contributed by atoms with E-state index in [4.69, 9.17) is 10.2 Å². The molecular formula is C9H17NO3. The molecule has 0 heterocycles. The van der Waals surface area contributed by atoms with Crippen LogP contribution in [0.15, 0.2) is 12.7 Å². The van der Waals surface area contributed by atoms with Crippen LogP contribution >= 0.6 is 0 Å². The van der Waals surface area contributed by atoms with Crippen LogP contribution in [-0.4, -0.2) is 46.8 Å². The summed E-state index contributed by atoms with van der Waals surface area (Å²) < 4.78 is 0. The second-order valence-electron chi connectivity index (χ2n) is 2.77. The highest BCUT2D eigenvalue weighted by atomic mass is 16.4. The molecule has 76 valence electrons. The molecule has 0 radical (unpaired) electrons. The molecule has 1 atom stereocenters. The van der Waals surface area contributed by atoms with Gasteiger partial charge in [0.1, 0.15) is 6.04 Å². The van der Waals surface area contributed by atoms with Crippen LogP contribution < -0.4 is 0 Å². The lowest BCUT2D eigenvalue weighted by atomic mass is 10.2. The van der Waals surface area contributed by atoms with Gasteiger partial charge in [-0.25, -0.2) is 0 Å². The summed E-state index contributed by atoms with van der Waals surface area (Å²) >= 11 is 0. The average molecular weight is 187 g/mol. The monoisotopic (exact) mass is 187 g/mol. The van der Waals surface area contributed by atoms with Crippen LogP contribution in [0.2, 0.25) is 0 Å². The van der Waals surface area contributed by atoms with Gasteiger partial charge in [0.2, 0.25) is 0 Å². The first-order chi connectivity index (χ1) is 6.17. The minimum atomic E-state index is -0.849. The van der Waals surface area contributed by atoms with Crippen LogP contribution in [0.5, 0.6) is 0 Å². The second-order valence-corrected chi connectivity index (χ2v) is 2.77. The summed E-state index contributed by atoms with van der Waals surface area (Å²) in [6, 6.07) is -0.523. The molecule has 0 amide bonds. The van der Waals surface area contributed by atoms with Gasteiger partial charge in [-0.2, -0.15) is 0 Å². The van der Waals surface area contributed by atoms with E-state index in [0.29, 0.717) is 19.5 Å². The van der Waals surface area contributed by atoms with E-state index >= 15 is 0 Å². The van der Waals surface area contributed by atoms with Crippen molar-refractivity contribution in [3.8, 4) is 0 Å². The highest BCUT2D eigenvalue weighted by molar-refractivity contribution is 5.73. The molecule has 4 heteroatoms. The third kappa shape index (κ3) is 4.05. The molecule has 0 spiro atoms. The summed E-state index contributed by atoms with van der Waals surface area (Å²) in [5, 5.41) is 17.6. The summed E-state index contributed by atoms with van der Waals surface area (Å²) in [6.07, 6.45) is 2.17. The van der Waals surface area contributed by atoms with Crippen molar-refractivity contribution in [2.75, 3.05) is 19.7 Å². The fourth-order valence-electron chi connectivity index (χ4n) is 1.26. The van der Waals surface area contributed by atoms with Crippen molar-refractivity contribution in [3.05, 3.63) is 12.7 Å². The van der Waals surface area contributed by atoms with Crippen molar-refractivity contribution in [3.63, 3.8) is 0 Å². The Morgan fingerprint density at radius 1 is 1.69 bits per heavy atom. The van der Waals surface area contributed by atoms with Crippen LogP contribution in [0.4, 0.5) is 0 Å². The van der Waals surface area contributed by atoms with E-state index in [2.05, 4.69) is 6.58 Å². The highest BCUT2D eigenvalue weighted by Gasteiger charge is 2.21. The molecule has 2 N–H and O–H groups in total. The van der Waals surface area contributed by atoms with Gasteiger partial charge in [-0.1, -0.05) is 13.0 Å². The summed E-state index contributed by atoms with van der Waals surface area (Å²) in [6.45, 7) is 6.19. The number of rotatable bonds is 7. The lowest BCUT2D eigenvalue weighted by Gasteiger charge is -2.25. The van der Waals surface area contributed by atoms with E-state index in [0.717, 1.165) is 0 Å². The third-order valence-electron chi connectivity index (χ3n) is 1.86. The van der Waals surface area contributed by atoms with Gasteiger partial charge in [0.05, 0.1) is 6.61 Å². The molecule has 0 aliphatic carbocycles. The molecule has 0 aromatic carbocycles. The van der Waals surface area contributed by atoms with Gasteiger partial charge in [-0.05, 0) is 6.42 Å². The summed E-state index contributed by atoms with van der Waals surface area (Å²) in [7, 11) is 0. The smallest absolute Gasteiger partial charge is 0.320 e. The first-order valence-corrected chi connectivity index (χ1v) is 4.36. The molecule has 0 fully saturated rings. The predicted octanol–water partition coefficient (Wildman–Crippen LogP) is 0.330. The molecule has 0 saturated carbocycles. The minimum Gasteiger partial charge on any atom is -0.480 e. The molecule has 0 aromatic heterocycles. The Morgan fingerprint density at radius 3 is 2.62 bits per heavy atom. The Balaban J connectivity index is 4.27. The normalized spacial score (nSPS) is 12.8. The van der Waals surface area contributed by atoms with Gasteiger partial charge >= 0.3 is 5.97 Å². The number of nitrogens with zero attached hydrogens (tertiary/aromatic N) is 1. The van der Waals surface area contributed by atoms with Crippen molar-refractivity contribution in [1.29, 1.82) is 0 Å². The van der Waals surface area contributed by atoms with Crippen LogP contribution in [-0.2, 0) is 4.79 Å². The Kier molecular flexibility index (Phi) is 6.18. The number of aliphatic hydroxyl groups is 1. The first kappa shape index (κ1) is 12.1. The standard InChI is InChI=1S/C9H17NO3/c1-3-5-10(6-7-11)8(4-2)9(12)13/h3,8,11H,1,4-7H2,2H3,(H,12,13). The lowest BCUT2D eigenvalue weighted by molar-refractivity contribution is -0.143. The molecule has 0 aliphatic heterocycles. The fourth-order valence-corrected chi connectivity index (χ4v) is 1.26. The van der Waals surface area contributed by atoms with Crippen LogP contribution in [0, 0.1) is 0 Å². The Hall–Kier alpha value is -0.870. The zero-order valence-corrected chi connectivity index (χ0v) is 7.94. The summed E-state index contributed by atoms with van der Waals surface area (Å²) in [5.74, 6) is -0.849. The van der Waals surface area contributed by atoms with Gasteiger partial charge in [0.25, 0.3) is 0 Å². The molecule has 0 aromatic rings. The molecule has 0 rings (SSSR count). The van der Waals surface area contributed by atoms with E-state index in [-0.39, 0.29) is 6.61 Å². The predicted molar refractivity (Wildman–Crippen MR) is 50.6 cm³/mol. The molecule has 1 unspecified atom stereocenters. The average Bonchev–Trinajstić information content (AvgIpc) is 2.05. The molecule has 4 nitrogen and oxygen atoms in total. The zero-order valence-electron chi connectivity index (χ0n) is 7.94. The van der Waals surface area contributed by atoms with Crippen LogP contribution in [0.3, 0.4) is 0 Å². The number of carboxylic acid groups (broad SMARTS) is 1. The topological polar surface area (TPSA) is 60.8 Å². The summed E-state index contributed by atoms with van der Waals surface area (Å²) in [5.41, 5.74) is 0. The van der Waals surface area contributed by atoms with Crippen molar-refractivity contribution < 1.29 is 15.0 Å². The van der Waals surface area contributed by atoms with E-state index in [9.17, 15) is 4.79 Å². The number of aliphatic carboxylic acids is 1. The fraction of sp³-hybridized carbons (Fsp3) is 0.667. The number of hydrogen-bond donors (Lipinski definition) is 2. The molecule has 0 bridgehead atoms.